The first-order valence-corrected chi connectivity index (χ1v) is 6.08. The van der Waals surface area contributed by atoms with E-state index in [2.05, 4.69) is 10.1 Å². The minimum Gasteiger partial charge on any atom is -0.383 e. The second-order valence-corrected chi connectivity index (χ2v) is 4.33. The average Bonchev–Trinajstić information content (AvgIpc) is 2.39. The van der Waals surface area contributed by atoms with Crippen molar-refractivity contribution in [1.29, 1.82) is 0 Å². The summed E-state index contributed by atoms with van der Waals surface area (Å²) in [6.07, 6.45) is -4.71. The van der Waals surface area contributed by atoms with Gasteiger partial charge in [-0.3, -0.25) is 9.59 Å². The highest BCUT2D eigenvalue weighted by molar-refractivity contribution is 6.39. The van der Waals surface area contributed by atoms with E-state index in [0.717, 1.165) is 6.07 Å². The Balaban J connectivity index is 2.83. The van der Waals surface area contributed by atoms with Crippen LogP contribution < -0.4 is 10.6 Å². The number of alkyl halides is 3. The molecule has 1 aromatic rings. The molecule has 0 saturated heterocycles. The molecule has 1 rings (SSSR count). The maximum atomic E-state index is 12.8. The van der Waals surface area contributed by atoms with Crippen molar-refractivity contribution >= 4 is 29.1 Å². The third kappa shape index (κ3) is 5.24. The summed E-state index contributed by atoms with van der Waals surface area (Å²) in [6.45, 7) is 0.239. The van der Waals surface area contributed by atoms with E-state index >= 15 is 0 Å². The molecule has 1 aromatic carbocycles. The minimum atomic E-state index is -4.71. The fourth-order valence-corrected chi connectivity index (χ4v) is 1.56. The van der Waals surface area contributed by atoms with Crippen LogP contribution in [-0.2, 0) is 20.5 Å². The van der Waals surface area contributed by atoms with Crippen molar-refractivity contribution < 1.29 is 27.5 Å². The molecule has 0 fully saturated rings. The number of hydrogen-bond acceptors (Lipinski definition) is 3. The number of benzene rings is 1. The summed E-state index contributed by atoms with van der Waals surface area (Å²) in [5, 5.41) is 3.96. The van der Waals surface area contributed by atoms with Crippen LogP contribution in [0.5, 0.6) is 0 Å². The fourth-order valence-electron chi connectivity index (χ4n) is 1.39. The molecule has 0 aliphatic rings. The Morgan fingerprint density at radius 2 is 1.95 bits per heavy atom. The average molecular weight is 325 g/mol. The topological polar surface area (TPSA) is 67.4 Å². The Morgan fingerprint density at radius 3 is 2.52 bits per heavy atom. The fraction of sp³-hybridized carbons (Fsp3) is 0.333. The number of ether oxygens (including phenoxy) is 1. The monoisotopic (exact) mass is 324 g/mol. The first-order valence-electron chi connectivity index (χ1n) is 5.70. The van der Waals surface area contributed by atoms with Crippen LogP contribution in [-0.4, -0.2) is 32.1 Å². The highest BCUT2D eigenvalue weighted by Crippen LogP contribution is 2.36. The van der Waals surface area contributed by atoms with Gasteiger partial charge in [-0.15, -0.1) is 0 Å². The summed E-state index contributed by atoms with van der Waals surface area (Å²) in [6, 6.07) is 2.82. The molecule has 2 amide bonds. The molecule has 0 unspecified atom stereocenters. The zero-order chi connectivity index (χ0) is 16.0. The molecule has 0 atom stereocenters. The van der Waals surface area contributed by atoms with Gasteiger partial charge in [0, 0.05) is 18.7 Å². The zero-order valence-corrected chi connectivity index (χ0v) is 11.6. The molecule has 2 N–H and O–H groups in total. The number of anilines is 1. The van der Waals surface area contributed by atoms with Gasteiger partial charge in [0.25, 0.3) is 0 Å². The summed E-state index contributed by atoms with van der Waals surface area (Å²) < 4.78 is 43.1. The van der Waals surface area contributed by atoms with Gasteiger partial charge in [-0.2, -0.15) is 13.2 Å². The molecular formula is C12H12ClF3N2O3. The van der Waals surface area contributed by atoms with Gasteiger partial charge in [0.05, 0.1) is 17.9 Å². The number of rotatable bonds is 4. The molecule has 0 bridgehead atoms. The second-order valence-electron chi connectivity index (χ2n) is 3.89. The molecule has 116 valence electrons. The summed E-state index contributed by atoms with van der Waals surface area (Å²) in [5.74, 6) is -2.27. The Hall–Kier alpha value is -1.80. The van der Waals surface area contributed by atoms with Gasteiger partial charge in [0.1, 0.15) is 0 Å². The summed E-state index contributed by atoms with van der Waals surface area (Å²) in [5.41, 5.74) is -1.67. The number of carbonyl (C=O) groups excluding carboxylic acids is 2. The van der Waals surface area contributed by atoms with Crippen LogP contribution in [0, 0.1) is 0 Å². The highest BCUT2D eigenvalue weighted by atomic mass is 35.5. The van der Waals surface area contributed by atoms with Gasteiger partial charge in [-0.25, -0.2) is 0 Å². The van der Waals surface area contributed by atoms with Crippen LogP contribution in [0.3, 0.4) is 0 Å². The lowest BCUT2D eigenvalue weighted by molar-refractivity contribution is -0.138. The van der Waals surface area contributed by atoms with Gasteiger partial charge < -0.3 is 15.4 Å². The zero-order valence-electron chi connectivity index (χ0n) is 10.9. The molecule has 9 heteroatoms. The van der Waals surface area contributed by atoms with Crippen molar-refractivity contribution in [3.63, 3.8) is 0 Å². The van der Waals surface area contributed by atoms with Crippen molar-refractivity contribution in [2.24, 2.45) is 0 Å². The third-order valence-electron chi connectivity index (χ3n) is 2.33. The van der Waals surface area contributed by atoms with E-state index in [1.54, 1.807) is 0 Å². The first-order chi connectivity index (χ1) is 9.75. The van der Waals surface area contributed by atoms with Crippen molar-refractivity contribution in [1.82, 2.24) is 5.32 Å². The molecule has 0 saturated carbocycles. The van der Waals surface area contributed by atoms with E-state index < -0.39 is 29.2 Å². The molecule has 0 heterocycles. The molecule has 0 radical (unpaired) electrons. The van der Waals surface area contributed by atoms with Crippen molar-refractivity contribution in [3.05, 3.63) is 28.8 Å². The maximum absolute atomic E-state index is 12.8. The highest BCUT2D eigenvalue weighted by Gasteiger charge is 2.34. The number of halogens is 4. The normalized spacial score (nSPS) is 11.1. The van der Waals surface area contributed by atoms with Crippen LogP contribution in [0.25, 0.3) is 0 Å². The van der Waals surface area contributed by atoms with Gasteiger partial charge in [-0.1, -0.05) is 11.6 Å². The van der Waals surface area contributed by atoms with Gasteiger partial charge in [0.15, 0.2) is 0 Å². The Kier molecular flexibility index (Phi) is 5.98. The maximum Gasteiger partial charge on any atom is 0.418 e. The van der Waals surface area contributed by atoms with Crippen molar-refractivity contribution in [2.45, 2.75) is 6.18 Å². The van der Waals surface area contributed by atoms with Crippen LogP contribution in [0.4, 0.5) is 18.9 Å². The minimum absolute atomic E-state index is 0.0650. The molecule has 0 aromatic heterocycles. The summed E-state index contributed by atoms with van der Waals surface area (Å²) >= 11 is 5.50. The third-order valence-corrected chi connectivity index (χ3v) is 2.57. The predicted molar refractivity (Wildman–Crippen MR) is 70.0 cm³/mol. The number of amides is 2. The Labute approximate surface area is 123 Å². The van der Waals surface area contributed by atoms with Gasteiger partial charge >= 0.3 is 18.0 Å². The van der Waals surface area contributed by atoms with Crippen molar-refractivity contribution in [3.8, 4) is 0 Å². The number of hydrogen-bond donors (Lipinski definition) is 2. The lowest BCUT2D eigenvalue weighted by atomic mass is 10.1. The quantitative estimate of drug-likeness (QED) is 0.658. The Morgan fingerprint density at radius 1 is 1.29 bits per heavy atom. The number of nitrogens with one attached hydrogen (secondary N) is 2. The Bertz CT molecular complexity index is 535. The summed E-state index contributed by atoms with van der Waals surface area (Å²) in [7, 11) is 1.40. The molecular weight excluding hydrogens is 313 g/mol. The molecule has 0 aliphatic carbocycles. The first kappa shape index (κ1) is 17.3. The van der Waals surface area contributed by atoms with E-state index in [0.29, 0.717) is 6.07 Å². The molecule has 21 heavy (non-hydrogen) atoms. The SMILES string of the molecule is COCCNC(=O)C(=O)Nc1ccc(Cl)cc1C(F)(F)F. The van der Waals surface area contributed by atoms with E-state index in [-0.39, 0.29) is 18.2 Å². The lowest BCUT2D eigenvalue weighted by Gasteiger charge is -2.14. The van der Waals surface area contributed by atoms with Gasteiger partial charge in [0.2, 0.25) is 0 Å². The van der Waals surface area contributed by atoms with Crippen molar-refractivity contribution in [2.75, 3.05) is 25.6 Å². The van der Waals surface area contributed by atoms with E-state index in [1.165, 1.54) is 13.2 Å². The lowest BCUT2D eigenvalue weighted by Crippen LogP contribution is -2.37. The number of carbonyl (C=O) groups is 2. The van der Waals surface area contributed by atoms with E-state index in [9.17, 15) is 22.8 Å². The smallest absolute Gasteiger partial charge is 0.383 e. The second kappa shape index (κ2) is 7.28. The molecule has 0 aliphatic heterocycles. The van der Waals surface area contributed by atoms with Gasteiger partial charge in [-0.05, 0) is 18.2 Å². The molecule has 0 spiro atoms. The standard InChI is InChI=1S/C12H12ClF3N2O3/c1-21-5-4-17-10(19)11(20)18-9-3-2-7(13)6-8(9)12(14,15)16/h2-3,6H,4-5H2,1H3,(H,17,19)(H,18,20). The van der Waals surface area contributed by atoms with Crippen LogP contribution >= 0.6 is 11.6 Å². The predicted octanol–water partition coefficient (Wildman–Crippen LogP) is 2.06. The number of methoxy groups -OCH3 is 1. The van der Waals surface area contributed by atoms with E-state index in [4.69, 9.17) is 11.6 Å². The molecule has 5 nitrogen and oxygen atoms in total. The van der Waals surface area contributed by atoms with Crippen LogP contribution in [0.2, 0.25) is 5.02 Å². The largest absolute Gasteiger partial charge is 0.418 e. The van der Waals surface area contributed by atoms with Crippen LogP contribution in [0.1, 0.15) is 5.56 Å². The summed E-state index contributed by atoms with van der Waals surface area (Å²) in [4.78, 5) is 22.9. The van der Waals surface area contributed by atoms with Crippen LogP contribution in [0.15, 0.2) is 18.2 Å². The van der Waals surface area contributed by atoms with E-state index in [1.807, 2.05) is 5.32 Å².